The van der Waals surface area contributed by atoms with Crippen LogP contribution in [0.25, 0.3) is 5.65 Å². The van der Waals surface area contributed by atoms with Crippen molar-refractivity contribution in [2.75, 3.05) is 0 Å². The first kappa shape index (κ1) is 7.90. The molecule has 0 bridgehead atoms. The van der Waals surface area contributed by atoms with E-state index in [-0.39, 0.29) is 0 Å². The zero-order valence-corrected chi connectivity index (χ0v) is 7.68. The molecule has 2 aromatic rings. The highest BCUT2D eigenvalue weighted by Crippen LogP contribution is 2.17. The van der Waals surface area contributed by atoms with Gasteiger partial charge in [0.1, 0.15) is 0 Å². The summed E-state index contributed by atoms with van der Waals surface area (Å²) in [5, 5.41) is 0.647. The molecule has 0 unspecified atom stereocenters. The molecule has 0 atom stereocenters. The summed E-state index contributed by atoms with van der Waals surface area (Å²) in [6.45, 7) is 0. The lowest BCUT2D eigenvalue weighted by Crippen LogP contribution is -1.88. The van der Waals surface area contributed by atoms with Crippen molar-refractivity contribution in [1.82, 2.24) is 9.38 Å². The Balaban J connectivity index is 2.80. The molecular formula is C8H6Cl2N2. The molecule has 0 radical (unpaired) electrons. The third kappa shape index (κ3) is 1.08. The Kier molecular flexibility index (Phi) is 1.95. The molecule has 0 aliphatic carbocycles. The first-order valence-electron chi connectivity index (χ1n) is 3.49. The SMILES string of the molecule is ClCc1cnc2c(Cl)cccn12. The fourth-order valence-electron chi connectivity index (χ4n) is 1.13. The van der Waals surface area contributed by atoms with Crippen LogP contribution in [0, 0.1) is 0 Å². The topological polar surface area (TPSA) is 17.3 Å². The monoisotopic (exact) mass is 200 g/mol. The van der Waals surface area contributed by atoms with Gasteiger partial charge in [0.15, 0.2) is 5.65 Å². The summed E-state index contributed by atoms with van der Waals surface area (Å²) in [6, 6.07) is 3.68. The zero-order chi connectivity index (χ0) is 8.55. The second kappa shape index (κ2) is 2.96. The minimum Gasteiger partial charge on any atom is -0.302 e. The van der Waals surface area contributed by atoms with E-state index in [1.807, 2.05) is 22.7 Å². The van der Waals surface area contributed by atoms with Crippen LogP contribution >= 0.6 is 23.2 Å². The molecule has 2 heterocycles. The summed E-state index contributed by atoms with van der Waals surface area (Å²) in [6.07, 6.45) is 3.63. The van der Waals surface area contributed by atoms with Crippen LogP contribution in [0.3, 0.4) is 0 Å². The highest BCUT2D eigenvalue weighted by atomic mass is 35.5. The predicted octanol–water partition coefficient (Wildman–Crippen LogP) is 2.73. The molecule has 2 nitrogen and oxygen atoms in total. The van der Waals surface area contributed by atoms with Crippen LogP contribution in [0.5, 0.6) is 0 Å². The maximum Gasteiger partial charge on any atom is 0.155 e. The van der Waals surface area contributed by atoms with Crippen molar-refractivity contribution in [2.24, 2.45) is 0 Å². The molecule has 12 heavy (non-hydrogen) atoms. The van der Waals surface area contributed by atoms with Gasteiger partial charge in [0.25, 0.3) is 0 Å². The number of rotatable bonds is 1. The zero-order valence-electron chi connectivity index (χ0n) is 6.17. The third-order valence-corrected chi connectivity index (χ3v) is 2.27. The second-order valence-electron chi connectivity index (χ2n) is 2.43. The lowest BCUT2D eigenvalue weighted by molar-refractivity contribution is 1.09. The van der Waals surface area contributed by atoms with Crippen LogP contribution in [-0.4, -0.2) is 9.38 Å². The number of hydrogen-bond donors (Lipinski definition) is 0. The predicted molar refractivity (Wildman–Crippen MR) is 49.8 cm³/mol. The van der Waals surface area contributed by atoms with E-state index in [0.717, 1.165) is 11.3 Å². The van der Waals surface area contributed by atoms with Crippen molar-refractivity contribution >= 4 is 28.8 Å². The molecule has 0 aliphatic heterocycles. The summed E-state index contributed by atoms with van der Waals surface area (Å²) in [5.74, 6) is 0.446. The van der Waals surface area contributed by atoms with Gasteiger partial charge in [-0.15, -0.1) is 11.6 Å². The Labute approximate surface area is 79.7 Å². The van der Waals surface area contributed by atoms with E-state index in [1.165, 1.54) is 0 Å². The van der Waals surface area contributed by atoms with Gasteiger partial charge in [-0.2, -0.15) is 0 Å². The lowest BCUT2D eigenvalue weighted by Gasteiger charge is -1.97. The number of nitrogens with zero attached hydrogens (tertiary/aromatic N) is 2. The summed E-state index contributed by atoms with van der Waals surface area (Å²) < 4.78 is 1.88. The van der Waals surface area contributed by atoms with Crippen molar-refractivity contribution in [3.05, 3.63) is 35.2 Å². The number of halogens is 2. The number of hydrogen-bond acceptors (Lipinski definition) is 1. The molecule has 2 aromatic heterocycles. The van der Waals surface area contributed by atoms with Gasteiger partial charge in [-0.3, -0.25) is 0 Å². The smallest absolute Gasteiger partial charge is 0.155 e. The molecule has 0 fully saturated rings. The average Bonchev–Trinajstić information content (AvgIpc) is 2.49. The van der Waals surface area contributed by atoms with Crippen LogP contribution in [-0.2, 0) is 5.88 Å². The lowest BCUT2D eigenvalue weighted by atomic mass is 10.4. The van der Waals surface area contributed by atoms with E-state index in [9.17, 15) is 0 Å². The molecule has 0 N–H and O–H groups in total. The number of pyridine rings is 1. The maximum atomic E-state index is 5.90. The molecule has 4 heteroatoms. The molecule has 2 rings (SSSR count). The number of fused-ring (bicyclic) bond motifs is 1. The van der Waals surface area contributed by atoms with Gasteiger partial charge < -0.3 is 4.40 Å². The van der Waals surface area contributed by atoms with E-state index < -0.39 is 0 Å². The van der Waals surface area contributed by atoms with Gasteiger partial charge in [-0.1, -0.05) is 11.6 Å². The Morgan fingerprint density at radius 1 is 1.50 bits per heavy atom. The first-order chi connectivity index (χ1) is 5.83. The van der Waals surface area contributed by atoms with E-state index in [0.29, 0.717) is 10.9 Å². The van der Waals surface area contributed by atoms with Crippen molar-refractivity contribution in [3.63, 3.8) is 0 Å². The first-order valence-corrected chi connectivity index (χ1v) is 4.40. The minimum absolute atomic E-state index is 0.446. The molecule has 0 saturated carbocycles. The van der Waals surface area contributed by atoms with Crippen molar-refractivity contribution < 1.29 is 0 Å². The summed E-state index contributed by atoms with van der Waals surface area (Å²) >= 11 is 11.6. The second-order valence-corrected chi connectivity index (χ2v) is 3.11. The molecule has 62 valence electrons. The summed E-state index contributed by atoms with van der Waals surface area (Å²) in [5.41, 5.74) is 1.71. The molecular weight excluding hydrogens is 195 g/mol. The van der Waals surface area contributed by atoms with E-state index >= 15 is 0 Å². The van der Waals surface area contributed by atoms with Gasteiger partial charge in [-0.25, -0.2) is 4.98 Å². The van der Waals surface area contributed by atoms with Crippen molar-refractivity contribution in [2.45, 2.75) is 5.88 Å². The molecule has 0 aromatic carbocycles. The number of alkyl halides is 1. The fourth-order valence-corrected chi connectivity index (χ4v) is 1.54. The summed E-state index contributed by atoms with van der Waals surface area (Å²) in [7, 11) is 0. The van der Waals surface area contributed by atoms with Crippen LogP contribution in [0.4, 0.5) is 0 Å². The van der Waals surface area contributed by atoms with Crippen molar-refractivity contribution in [1.29, 1.82) is 0 Å². The van der Waals surface area contributed by atoms with Gasteiger partial charge in [0.05, 0.1) is 22.8 Å². The highest BCUT2D eigenvalue weighted by molar-refractivity contribution is 6.33. The molecule has 0 spiro atoms. The van der Waals surface area contributed by atoms with Gasteiger partial charge in [0.2, 0.25) is 0 Å². The van der Waals surface area contributed by atoms with Gasteiger partial charge in [0, 0.05) is 6.20 Å². The van der Waals surface area contributed by atoms with Gasteiger partial charge in [-0.05, 0) is 12.1 Å². The minimum atomic E-state index is 0.446. The highest BCUT2D eigenvalue weighted by Gasteiger charge is 2.03. The normalized spacial score (nSPS) is 10.8. The Hall–Kier alpha value is -0.730. The van der Waals surface area contributed by atoms with Gasteiger partial charge >= 0.3 is 0 Å². The molecule has 0 aliphatic rings. The number of aromatic nitrogens is 2. The third-order valence-electron chi connectivity index (χ3n) is 1.70. The van der Waals surface area contributed by atoms with Crippen LogP contribution in [0.1, 0.15) is 5.69 Å². The van der Waals surface area contributed by atoms with E-state index in [2.05, 4.69) is 4.98 Å². The van der Waals surface area contributed by atoms with Crippen LogP contribution in [0.15, 0.2) is 24.5 Å². The quantitative estimate of drug-likeness (QED) is 0.648. The largest absolute Gasteiger partial charge is 0.302 e. The van der Waals surface area contributed by atoms with E-state index in [4.69, 9.17) is 23.2 Å². The molecule has 0 saturated heterocycles. The van der Waals surface area contributed by atoms with Crippen molar-refractivity contribution in [3.8, 4) is 0 Å². The summed E-state index contributed by atoms with van der Waals surface area (Å²) in [4.78, 5) is 4.14. The Bertz CT molecular complexity index is 408. The number of imidazole rings is 1. The Morgan fingerprint density at radius 2 is 2.33 bits per heavy atom. The Morgan fingerprint density at radius 3 is 3.08 bits per heavy atom. The maximum absolute atomic E-state index is 5.90. The fraction of sp³-hybridized carbons (Fsp3) is 0.125. The standard InChI is InChI=1S/C8H6Cl2N2/c9-4-6-5-11-8-7(10)2-1-3-12(6)8/h1-3,5H,4H2. The molecule has 0 amide bonds. The van der Waals surface area contributed by atoms with Crippen LogP contribution in [0.2, 0.25) is 5.02 Å². The average molecular weight is 201 g/mol. The van der Waals surface area contributed by atoms with E-state index in [1.54, 1.807) is 6.20 Å². The van der Waals surface area contributed by atoms with Crippen LogP contribution < -0.4 is 0 Å².